The SMILES string of the molecule is N#Cc1ccc(NC(=O)c2cnc(Nc3ccccc3C(F)(F)F)nc2)cc1. The number of para-hydroxylation sites is 1. The van der Waals surface area contributed by atoms with Gasteiger partial charge in [0.1, 0.15) is 0 Å². The lowest BCUT2D eigenvalue weighted by atomic mass is 10.1. The number of rotatable bonds is 4. The highest BCUT2D eigenvalue weighted by Crippen LogP contribution is 2.35. The highest BCUT2D eigenvalue weighted by atomic mass is 19.4. The van der Waals surface area contributed by atoms with Gasteiger partial charge in [-0.15, -0.1) is 0 Å². The quantitative estimate of drug-likeness (QED) is 0.698. The monoisotopic (exact) mass is 383 g/mol. The minimum atomic E-state index is -4.52. The smallest absolute Gasteiger partial charge is 0.324 e. The molecule has 2 aromatic carbocycles. The van der Waals surface area contributed by atoms with Crippen molar-refractivity contribution in [2.75, 3.05) is 10.6 Å². The van der Waals surface area contributed by atoms with E-state index in [2.05, 4.69) is 20.6 Å². The van der Waals surface area contributed by atoms with E-state index in [-0.39, 0.29) is 17.2 Å². The van der Waals surface area contributed by atoms with Crippen LogP contribution in [-0.2, 0) is 6.18 Å². The van der Waals surface area contributed by atoms with E-state index >= 15 is 0 Å². The van der Waals surface area contributed by atoms with Crippen molar-refractivity contribution in [3.8, 4) is 6.07 Å². The van der Waals surface area contributed by atoms with Crippen molar-refractivity contribution in [2.45, 2.75) is 6.18 Å². The summed E-state index contributed by atoms with van der Waals surface area (Å²) >= 11 is 0. The molecule has 28 heavy (non-hydrogen) atoms. The number of benzene rings is 2. The molecule has 0 spiro atoms. The summed E-state index contributed by atoms with van der Waals surface area (Å²) in [4.78, 5) is 20.0. The van der Waals surface area contributed by atoms with Crippen LogP contribution in [0.1, 0.15) is 21.5 Å². The molecule has 0 radical (unpaired) electrons. The molecule has 6 nitrogen and oxygen atoms in total. The molecule has 0 bridgehead atoms. The molecule has 1 aromatic heterocycles. The third kappa shape index (κ3) is 4.42. The Morgan fingerprint density at radius 1 is 1.00 bits per heavy atom. The van der Waals surface area contributed by atoms with Crippen LogP contribution in [0.2, 0.25) is 0 Å². The van der Waals surface area contributed by atoms with E-state index in [4.69, 9.17) is 5.26 Å². The van der Waals surface area contributed by atoms with Gasteiger partial charge in [0.2, 0.25) is 5.95 Å². The van der Waals surface area contributed by atoms with E-state index in [1.54, 1.807) is 24.3 Å². The van der Waals surface area contributed by atoms with Crippen LogP contribution < -0.4 is 10.6 Å². The Morgan fingerprint density at radius 2 is 1.64 bits per heavy atom. The fourth-order valence-corrected chi connectivity index (χ4v) is 2.30. The summed E-state index contributed by atoms with van der Waals surface area (Å²) in [5.74, 6) is -0.571. The van der Waals surface area contributed by atoms with E-state index in [1.165, 1.54) is 30.6 Å². The van der Waals surface area contributed by atoms with Gasteiger partial charge in [0.25, 0.3) is 5.91 Å². The van der Waals surface area contributed by atoms with Crippen molar-refractivity contribution >= 4 is 23.2 Å². The third-order valence-electron chi connectivity index (χ3n) is 3.66. The number of alkyl halides is 3. The highest BCUT2D eigenvalue weighted by molar-refractivity contribution is 6.03. The molecule has 2 N–H and O–H groups in total. The second-order valence-electron chi connectivity index (χ2n) is 5.61. The van der Waals surface area contributed by atoms with Gasteiger partial charge >= 0.3 is 6.18 Å². The van der Waals surface area contributed by atoms with Gasteiger partial charge in [-0.25, -0.2) is 9.97 Å². The van der Waals surface area contributed by atoms with Gasteiger partial charge < -0.3 is 10.6 Å². The summed E-state index contributed by atoms with van der Waals surface area (Å²) < 4.78 is 39.1. The Labute approximate surface area is 157 Å². The van der Waals surface area contributed by atoms with Gasteiger partial charge in [-0.05, 0) is 36.4 Å². The minimum Gasteiger partial charge on any atom is -0.324 e. The first-order valence-corrected chi connectivity index (χ1v) is 7.93. The van der Waals surface area contributed by atoms with Crippen LogP contribution >= 0.6 is 0 Å². The molecular weight excluding hydrogens is 371 g/mol. The molecule has 9 heteroatoms. The lowest BCUT2D eigenvalue weighted by Crippen LogP contribution is -2.13. The number of aromatic nitrogens is 2. The van der Waals surface area contributed by atoms with Crippen LogP contribution in [0.3, 0.4) is 0 Å². The van der Waals surface area contributed by atoms with E-state index in [9.17, 15) is 18.0 Å². The van der Waals surface area contributed by atoms with Crippen molar-refractivity contribution in [3.63, 3.8) is 0 Å². The zero-order chi connectivity index (χ0) is 20.1. The largest absolute Gasteiger partial charge is 0.418 e. The zero-order valence-electron chi connectivity index (χ0n) is 14.2. The Morgan fingerprint density at radius 3 is 2.25 bits per heavy atom. The van der Waals surface area contributed by atoms with Gasteiger partial charge in [-0.3, -0.25) is 4.79 Å². The molecule has 0 unspecified atom stereocenters. The van der Waals surface area contributed by atoms with Crippen LogP contribution in [0.25, 0.3) is 0 Å². The van der Waals surface area contributed by atoms with Crippen molar-refractivity contribution in [1.82, 2.24) is 9.97 Å². The molecule has 0 saturated carbocycles. The van der Waals surface area contributed by atoms with Crippen molar-refractivity contribution in [3.05, 3.63) is 77.6 Å². The van der Waals surface area contributed by atoms with Crippen molar-refractivity contribution < 1.29 is 18.0 Å². The predicted octanol–water partition coefficient (Wildman–Crippen LogP) is 4.36. The topological polar surface area (TPSA) is 90.7 Å². The number of hydrogen-bond acceptors (Lipinski definition) is 5. The number of anilines is 3. The number of nitrogens with zero attached hydrogens (tertiary/aromatic N) is 3. The molecule has 0 aliphatic carbocycles. The summed E-state index contributed by atoms with van der Waals surface area (Å²) in [5, 5.41) is 13.9. The van der Waals surface area contributed by atoms with Crippen LogP contribution in [0.4, 0.5) is 30.5 Å². The number of halogens is 3. The van der Waals surface area contributed by atoms with Crippen molar-refractivity contribution in [2.24, 2.45) is 0 Å². The molecule has 140 valence electrons. The van der Waals surface area contributed by atoms with Gasteiger partial charge in [0.15, 0.2) is 0 Å². The summed E-state index contributed by atoms with van der Waals surface area (Å²) in [7, 11) is 0. The standard InChI is InChI=1S/C19H12F3N5O/c20-19(21,22)15-3-1-2-4-16(15)27-18-24-10-13(11-25-18)17(28)26-14-7-5-12(9-23)6-8-14/h1-8,10-11H,(H,26,28)(H,24,25,27). The average Bonchev–Trinajstić information content (AvgIpc) is 2.69. The summed E-state index contributed by atoms with van der Waals surface area (Å²) in [6.07, 6.45) is -2.13. The third-order valence-corrected chi connectivity index (χ3v) is 3.66. The maximum absolute atomic E-state index is 13.0. The maximum atomic E-state index is 13.0. The molecule has 1 heterocycles. The van der Waals surface area contributed by atoms with E-state index in [0.29, 0.717) is 11.3 Å². The first-order valence-electron chi connectivity index (χ1n) is 7.93. The highest BCUT2D eigenvalue weighted by Gasteiger charge is 2.33. The number of hydrogen-bond donors (Lipinski definition) is 2. The maximum Gasteiger partial charge on any atom is 0.418 e. The first-order chi connectivity index (χ1) is 13.4. The lowest BCUT2D eigenvalue weighted by Gasteiger charge is -2.13. The summed E-state index contributed by atoms with van der Waals surface area (Å²) in [6, 6.07) is 13.2. The molecule has 3 aromatic rings. The fourth-order valence-electron chi connectivity index (χ4n) is 2.30. The number of nitrogens with one attached hydrogen (secondary N) is 2. The molecular formula is C19H12F3N5O. The van der Waals surface area contributed by atoms with Crippen LogP contribution in [-0.4, -0.2) is 15.9 Å². The van der Waals surface area contributed by atoms with Gasteiger partial charge in [-0.2, -0.15) is 18.4 Å². The molecule has 0 saturated heterocycles. The van der Waals surface area contributed by atoms with Crippen LogP contribution in [0.15, 0.2) is 60.9 Å². The lowest BCUT2D eigenvalue weighted by molar-refractivity contribution is -0.136. The second-order valence-corrected chi connectivity index (χ2v) is 5.61. The van der Waals surface area contributed by atoms with Crippen molar-refractivity contribution in [1.29, 1.82) is 5.26 Å². The fraction of sp³-hybridized carbons (Fsp3) is 0.0526. The van der Waals surface area contributed by atoms with E-state index in [1.807, 2.05) is 6.07 Å². The van der Waals surface area contributed by atoms with Crippen LogP contribution in [0, 0.1) is 11.3 Å². The Kier molecular flexibility index (Phi) is 5.22. The first kappa shape index (κ1) is 18.8. The normalized spacial score (nSPS) is 10.8. The molecule has 0 aliphatic heterocycles. The Balaban J connectivity index is 1.71. The van der Waals surface area contributed by atoms with E-state index < -0.39 is 17.6 Å². The number of amides is 1. The number of carbonyl (C=O) groups excluding carboxylic acids is 1. The molecule has 0 fully saturated rings. The number of nitriles is 1. The van der Waals surface area contributed by atoms with Crippen LogP contribution in [0.5, 0.6) is 0 Å². The zero-order valence-corrected chi connectivity index (χ0v) is 14.2. The average molecular weight is 383 g/mol. The molecule has 0 atom stereocenters. The second kappa shape index (κ2) is 7.75. The van der Waals surface area contributed by atoms with Gasteiger partial charge in [0.05, 0.1) is 28.4 Å². The molecule has 1 amide bonds. The molecule has 3 rings (SSSR count). The Hall–Kier alpha value is -3.93. The summed E-state index contributed by atoms with van der Waals surface area (Å²) in [5.41, 5.74) is 0.0197. The minimum absolute atomic E-state index is 0.0772. The molecule has 0 aliphatic rings. The number of carbonyl (C=O) groups is 1. The van der Waals surface area contributed by atoms with E-state index in [0.717, 1.165) is 6.07 Å². The summed E-state index contributed by atoms with van der Waals surface area (Å²) in [6.45, 7) is 0. The predicted molar refractivity (Wildman–Crippen MR) is 95.9 cm³/mol. The van der Waals surface area contributed by atoms with Gasteiger partial charge in [-0.1, -0.05) is 12.1 Å². The van der Waals surface area contributed by atoms with Gasteiger partial charge in [0, 0.05) is 18.1 Å². The Bertz CT molecular complexity index is 1030.